The normalized spacial score (nSPS) is 17.8. The summed E-state index contributed by atoms with van der Waals surface area (Å²) in [5.41, 5.74) is 3.71. The van der Waals surface area contributed by atoms with Crippen LogP contribution in [0.1, 0.15) is 17.5 Å². The Hall–Kier alpha value is -2.10. The van der Waals surface area contributed by atoms with Crippen molar-refractivity contribution in [3.63, 3.8) is 0 Å². The molecule has 0 heterocycles. The van der Waals surface area contributed by atoms with Gasteiger partial charge in [0.2, 0.25) is 0 Å². The second kappa shape index (κ2) is 7.62. The van der Waals surface area contributed by atoms with Crippen molar-refractivity contribution in [2.45, 2.75) is 19.1 Å². The molecule has 3 nitrogen and oxygen atoms in total. The lowest BCUT2D eigenvalue weighted by Crippen LogP contribution is -2.25. The average molecular weight is 282 g/mol. The number of hydrogen-bond donors (Lipinski definition) is 1. The molecule has 0 aromatic heterocycles. The molecular formula is C18H22N2O. The van der Waals surface area contributed by atoms with Crippen LogP contribution in [0.5, 0.6) is 0 Å². The van der Waals surface area contributed by atoms with Gasteiger partial charge < -0.3 is 4.90 Å². The molecule has 1 aromatic rings. The Morgan fingerprint density at radius 3 is 3.00 bits per heavy atom. The first-order chi connectivity index (χ1) is 10.2. The smallest absolute Gasteiger partial charge is 0.103 e. The fourth-order valence-electron chi connectivity index (χ4n) is 2.38. The van der Waals surface area contributed by atoms with Crippen LogP contribution in [0.3, 0.4) is 0 Å². The van der Waals surface area contributed by atoms with Crippen molar-refractivity contribution in [1.29, 1.82) is 0 Å². The number of nitrogens with two attached hydrogens (primary N) is 1. The largest absolute Gasteiger partial charge is 0.373 e. The van der Waals surface area contributed by atoms with Crippen molar-refractivity contribution < 1.29 is 4.84 Å². The third-order valence-electron chi connectivity index (χ3n) is 3.56. The number of benzene rings is 1. The zero-order valence-corrected chi connectivity index (χ0v) is 12.4. The van der Waals surface area contributed by atoms with E-state index in [-0.39, 0.29) is 6.10 Å². The highest BCUT2D eigenvalue weighted by molar-refractivity contribution is 5.55. The van der Waals surface area contributed by atoms with Crippen LogP contribution < -0.4 is 5.90 Å². The van der Waals surface area contributed by atoms with Crippen LogP contribution >= 0.6 is 0 Å². The predicted molar refractivity (Wildman–Crippen MR) is 88.0 cm³/mol. The molecule has 0 bridgehead atoms. The minimum absolute atomic E-state index is 0.0386. The molecule has 2 rings (SSSR count). The lowest BCUT2D eigenvalue weighted by atomic mass is 10.0. The summed E-state index contributed by atoms with van der Waals surface area (Å²) in [6, 6.07) is 8.38. The van der Waals surface area contributed by atoms with E-state index in [1.165, 1.54) is 16.8 Å². The number of allylic oxidation sites excluding steroid dienone is 4. The number of nitrogens with zero attached hydrogens (tertiary/aromatic N) is 1. The summed E-state index contributed by atoms with van der Waals surface area (Å²) in [4.78, 5) is 7.15. The van der Waals surface area contributed by atoms with Crippen LogP contribution in [0.2, 0.25) is 0 Å². The summed E-state index contributed by atoms with van der Waals surface area (Å²) in [7, 11) is 2.09. The maximum atomic E-state index is 5.28. The van der Waals surface area contributed by atoms with Gasteiger partial charge in [-0.05, 0) is 17.2 Å². The van der Waals surface area contributed by atoms with Crippen molar-refractivity contribution >= 4 is 6.08 Å². The first kappa shape index (κ1) is 15.3. The standard InChI is InChI=1S/C18H22N2O/c1-3-4-8-15-9-5-6-10-16(15)14-20(2)17-11-7-12-18(13-17)21-19/h3-12,18H,1,13-14,19H2,2H3/b8-4-. The highest BCUT2D eigenvalue weighted by Gasteiger charge is 2.15. The molecule has 1 aromatic carbocycles. The molecule has 0 fully saturated rings. The first-order valence-electron chi connectivity index (χ1n) is 7.05. The number of rotatable bonds is 6. The molecule has 1 unspecified atom stereocenters. The van der Waals surface area contributed by atoms with E-state index in [1.54, 1.807) is 6.08 Å². The molecule has 0 saturated carbocycles. The van der Waals surface area contributed by atoms with Crippen molar-refractivity contribution in [3.8, 4) is 0 Å². The Bertz CT molecular complexity index is 572. The summed E-state index contributed by atoms with van der Waals surface area (Å²) in [6.45, 7) is 4.56. The van der Waals surface area contributed by atoms with E-state index < -0.39 is 0 Å². The zero-order chi connectivity index (χ0) is 15.1. The Balaban J connectivity index is 2.11. The molecule has 0 saturated heterocycles. The quantitative estimate of drug-likeness (QED) is 0.642. The van der Waals surface area contributed by atoms with Gasteiger partial charge in [-0.25, -0.2) is 5.90 Å². The van der Waals surface area contributed by atoms with Gasteiger partial charge in [-0.1, -0.05) is 61.2 Å². The predicted octanol–water partition coefficient (Wildman–Crippen LogP) is 3.42. The van der Waals surface area contributed by atoms with Crippen LogP contribution in [-0.4, -0.2) is 18.1 Å². The third-order valence-corrected chi connectivity index (χ3v) is 3.56. The van der Waals surface area contributed by atoms with E-state index in [0.29, 0.717) is 0 Å². The van der Waals surface area contributed by atoms with Crippen LogP contribution in [0.25, 0.3) is 6.08 Å². The zero-order valence-electron chi connectivity index (χ0n) is 12.4. The van der Waals surface area contributed by atoms with Gasteiger partial charge in [0.25, 0.3) is 0 Å². The SMILES string of the molecule is C=C/C=C\c1ccccc1CN(C)C1=CC=CC(ON)C1. The van der Waals surface area contributed by atoms with Gasteiger partial charge in [-0.2, -0.15) is 0 Å². The highest BCUT2D eigenvalue weighted by Crippen LogP contribution is 2.21. The summed E-state index contributed by atoms with van der Waals surface area (Å²) >= 11 is 0. The van der Waals surface area contributed by atoms with Crippen LogP contribution in [0.4, 0.5) is 0 Å². The molecule has 1 aliphatic rings. The van der Waals surface area contributed by atoms with Gasteiger partial charge in [0, 0.05) is 25.7 Å². The molecule has 0 spiro atoms. The fraction of sp³-hybridized carbons (Fsp3) is 0.222. The van der Waals surface area contributed by atoms with Crippen LogP contribution in [0.15, 0.2) is 66.9 Å². The molecule has 110 valence electrons. The maximum Gasteiger partial charge on any atom is 0.103 e. The second-order valence-corrected chi connectivity index (χ2v) is 5.07. The molecule has 3 heteroatoms. The van der Waals surface area contributed by atoms with Crippen molar-refractivity contribution in [2.75, 3.05) is 7.05 Å². The van der Waals surface area contributed by atoms with Crippen molar-refractivity contribution in [2.24, 2.45) is 5.90 Å². The van der Waals surface area contributed by atoms with E-state index in [0.717, 1.165) is 13.0 Å². The van der Waals surface area contributed by atoms with Gasteiger partial charge >= 0.3 is 0 Å². The van der Waals surface area contributed by atoms with E-state index >= 15 is 0 Å². The molecule has 0 aliphatic heterocycles. The summed E-state index contributed by atoms with van der Waals surface area (Å²) < 4.78 is 0. The Labute approximate surface area is 126 Å². The van der Waals surface area contributed by atoms with Crippen LogP contribution in [-0.2, 0) is 11.4 Å². The average Bonchev–Trinajstić information content (AvgIpc) is 2.54. The molecule has 0 radical (unpaired) electrons. The van der Waals surface area contributed by atoms with Gasteiger partial charge in [-0.15, -0.1) is 0 Å². The minimum atomic E-state index is -0.0386. The Morgan fingerprint density at radius 2 is 2.24 bits per heavy atom. The summed E-state index contributed by atoms with van der Waals surface area (Å²) in [5.74, 6) is 5.28. The lowest BCUT2D eigenvalue weighted by Gasteiger charge is -2.27. The monoisotopic (exact) mass is 282 g/mol. The van der Waals surface area contributed by atoms with Crippen molar-refractivity contribution in [1.82, 2.24) is 4.90 Å². The Kier molecular flexibility index (Phi) is 5.55. The van der Waals surface area contributed by atoms with Gasteiger partial charge in [0.1, 0.15) is 6.10 Å². The topological polar surface area (TPSA) is 38.5 Å². The summed E-state index contributed by atoms with van der Waals surface area (Å²) in [5, 5.41) is 0. The molecule has 1 aliphatic carbocycles. The van der Waals surface area contributed by atoms with Crippen LogP contribution in [0, 0.1) is 0 Å². The number of hydrogen-bond acceptors (Lipinski definition) is 3. The first-order valence-corrected chi connectivity index (χ1v) is 7.05. The molecular weight excluding hydrogens is 260 g/mol. The van der Waals surface area contributed by atoms with Gasteiger partial charge in [0.15, 0.2) is 0 Å². The molecule has 1 atom stereocenters. The maximum absolute atomic E-state index is 5.28. The Morgan fingerprint density at radius 1 is 1.43 bits per heavy atom. The molecule has 21 heavy (non-hydrogen) atoms. The van der Waals surface area contributed by atoms with E-state index in [4.69, 9.17) is 10.7 Å². The minimum Gasteiger partial charge on any atom is -0.373 e. The van der Waals surface area contributed by atoms with E-state index in [9.17, 15) is 0 Å². The van der Waals surface area contributed by atoms with E-state index in [1.807, 2.05) is 24.3 Å². The second-order valence-electron chi connectivity index (χ2n) is 5.07. The summed E-state index contributed by atoms with van der Waals surface area (Å²) in [6.07, 6.45) is 12.7. The van der Waals surface area contributed by atoms with E-state index in [2.05, 4.69) is 48.9 Å². The molecule has 2 N–H and O–H groups in total. The van der Waals surface area contributed by atoms with Crippen molar-refractivity contribution in [3.05, 3.63) is 78.0 Å². The highest BCUT2D eigenvalue weighted by atomic mass is 16.6. The van der Waals surface area contributed by atoms with Gasteiger partial charge in [0.05, 0.1) is 0 Å². The molecule has 0 amide bonds. The lowest BCUT2D eigenvalue weighted by molar-refractivity contribution is 0.0806. The third kappa shape index (κ3) is 4.18. The van der Waals surface area contributed by atoms with Gasteiger partial charge in [-0.3, -0.25) is 4.84 Å². The fourth-order valence-corrected chi connectivity index (χ4v) is 2.38.